The van der Waals surface area contributed by atoms with Crippen molar-refractivity contribution in [3.8, 4) is 11.3 Å². The van der Waals surface area contributed by atoms with Gasteiger partial charge in [0.2, 0.25) is 5.69 Å². The predicted molar refractivity (Wildman–Crippen MR) is 102 cm³/mol. The van der Waals surface area contributed by atoms with E-state index in [9.17, 15) is 0 Å². The van der Waals surface area contributed by atoms with Crippen molar-refractivity contribution in [3.05, 3.63) is 59.4 Å². The zero-order chi connectivity index (χ0) is 17.7. The summed E-state index contributed by atoms with van der Waals surface area (Å²) < 4.78 is 8.57. The number of nitrogens with zero attached hydrogens (tertiary/aromatic N) is 2. The summed E-state index contributed by atoms with van der Waals surface area (Å²) in [6.45, 7) is 8.61. The topological polar surface area (TPSA) is 29.9 Å². The van der Waals surface area contributed by atoms with Gasteiger partial charge in [-0.25, -0.2) is 4.57 Å². The molecule has 3 nitrogen and oxygen atoms in total. The number of fused-ring (bicyclic) bond motifs is 3. The second-order valence-electron chi connectivity index (χ2n) is 7.17. The lowest BCUT2D eigenvalue weighted by Gasteiger charge is -2.05. The third-order valence-corrected chi connectivity index (χ3v) is 4.91. The molecule has 0 spiro atoms. The summed E-state index contributed by atoms with van der Waals surface area (Å²) in [6.07, 6.45) is 4.05. The standard InChI is InChI=1S/C22H23N2O/c1-13(2)16-7-6-8-17-20-22(25-21(16)17)19(15(4)12-23-20)18-11-14(3)9-10-24(18)5/h6-13H,1-5H3/q+1. The molecule has 25 heavy (non-hydrogen) atoms. The summed E-state index contributed by atoms with van der Waals surface area (Å²) in [7, 11) is 2.07. The van der Waals surface area contributed by atoms with Crippen molar-refractivity contribution in [1.82, 2.24) is 4.98 Å². The molecule has 4 rings (SSSR count). The molecule has 1 aromatic carbocycles. The van der Waals surface area contributed by atoms with Crippen molar-refractivity contribution in [2.75, 3.05) is 0 Å². The van der Waals surface area contributed by atoms with Gasteiger partial charge in [0.1, 0.15) is 18.1 Å². The summed E-state index contributed by atoms with van der Waals surface area (Å²) >= 11 is 0. The van der Waals surface area contributed by atoms with E-state index < -0.39 is 0 Å². The number of furan rings is 1. The Morgan fingerprint density at radius 2 is 1.88 bits per heavy atom. The first kappa shape index (κ1) is 15.8. The Morgan fingerprint density at radius 3 is 2.64 bits per heavy atom. The summed E-state index contributed by atoms with van der Waals surface area (Å²) in [6, 6.07) is 10.7. The zero-order valence-electron chi connectivity index (χ0n) is 15.4. The van der Waals surface area contributed by atoms with E-state index >= 15 is 0 Å². The van der Waals surface area contributed by atoms with Gasteiger partial charge in [-0.05, 0) is 42.5 Å². The zero-order valence-corrected chi connectivity index (χ0v) is 15.4. The molecule has 3 heteroatoms. The SMILES string of the molecule is Cc1cc[n+](C)c(-c2c(C)cnc3c2oc2c(C(C)C)cccc23)c1. The van der Waals surface area contributed by atoms with Crippen LogP contribution in [0.1, 0.15) is 36.5 Å². The molecule has 126 valence electrons. The Bertz CT molecular complexity index is 1110. The fourth-order valence-electron chi connectivity index (χ4n) is 3.53. The molecule has 0 unspecified atom stereocenters. The van der Waals surface area contributed by atoms with E-state index in [0.29, 0.717) is 5.92 Å². The van der Waals surface area contributed by atoms with E-state index in [-0.39, 0.29) is 0 Å². The van der Waals surface area contributed by atoms with E-state index in [4.69, 9.17) is 9.40 Å². The number of hydrogen-bond acceptors (Lipinski definition) is 2. The van der Waals surface area contributed by atoms with Gasteiger partial charge >= 0.3 is 0 Å². The summed E-state index contributed by atoms with van der Waals surface area (Å²) in [5.74, 6) is 0.406. The molecule has 0 N–H and O–H groups in total. The molecule has 4 aromatic rings. The normalized spacial score (nSPS) is 11.8. The van der Waals surface area contributed by atoms with Crippen molar-refractivity contribution in [3.63, 3.8) is 0 Å². The molecular weight excluding hydrogens is 308 g/mol. The lowest BCUT2D eigenvalue weighted by Crippen LogP contribution is -2.30. The van der Waals surface area contributed by atoms with Gasteiger partial charge in [0.15, 0.2) is 11.8 Å². The Labute approximate surface area is 147 Å². The van der Waals surface area contributed by atoms with Gasteiger partial charge in [0.05, 0.1) is 5.56 Å². The molecule has 0 aliphatic heterocycles. The number of rotatable bonds is 2. The summed E-state index contributed by atoms with van der Waals surface area (Å²) in [5, 5.41) is 1.10. The lowest BCUT2D eigenvalue weighted by atomic mass is 10.0. The number of pyridine rings is 2. The average molecular weight is 331 g/mol. The first-order valence-corrected chi connectivity index (χ1v) is 8.74. The van der Waals surface area contributed by atoms with Crippen LogP contribution in [0.2, 0.25) is 0 Å². The van der Waals surface area contributed by atoms with Crippen LogP contribution in [0.25, 0.3) is 33.3 Å². The summed E-state index contributed by atoms with van der Waals surface area (Å²) in [4.78, 5) is 4.70. The van der Waals surface area contributed by atoms with E-state index in [2.05, 4.69) is 75.8 Å². The van der Waals surface area contributed by atoms with Gasteiger partial charge in [-0.2, -0.15) is 0 Å². The van der Waals surface area contributed by atoms with E-state index in [0.717, 1.165) is 38.9 Å². The average Bonchev–Trinajstić information content (AvgIpc) is 2.95. The van der Waals surface area contributed by atoms with Crippen LogP contribution in [-0.2, 0) is 7.05 Å². The van der Waals surface area contributed by atoms with Crippen molar-refractivity contribution in [1.29, 1.82) is 0 Å². The van der Waals surface area contributed by atoms with E-state index in [1.807, 2.05) is 6.20 Å². The molecule has 3 heterocycles. The van der Waals surface area contributed by atoms with Crippen LogP contribution in [0.3, 0.4) is 0 Å². The third-order valence-electron chi connectivity index (χ3n) is 4.91. The Hall–Kier alpha value is -2.68. The Balaban J connectivity index is 2.15. The van der Waals surface area contributed by atoms with E-state index in [1.165, 1.54) is 11.1 Å². The second kappa shape index (κ2) is 5.69. The van der Waals surface area contributed by atoms with Gasteiger partial charge in [-0.15, -0.1) is 0 Å². The highest BCUT2D eigenvalue weighted by molar-refractivity contribution is 6.08. The lowest BCUT2D eigenvalue weighted by molar-refractivity contribution is -0.660. The molecule has 3 aromatic heterocycles. The number of aromatic nitrogens is 2. The molecule has 0 saturated heterocycles. The minimum atomic E-state index is 0.406. The maximum atomic E-state index is 6.43. The van der Waals surface area contributed by atoms with Gasteiger partial charge < -0.3 is 4.42 Å². The second-order valence-corrected chi connectivity index (χ2v) is 7.17. The van der Waals surface area contributed by atoms with Crippen LogP contribution < -0.4 is 4.57 Å². The van der Waals surface area contributed by atoms with Crippen molar-refractivity contribution in [2.24, 2.45) is 7.05 Å². The van der Waals surface area contributed by atoms with Gasteiger partial charge in [0.25, 0.3) is 0 Å². The maximum absolute atomic E-state index is 6.43. The van der Waals surface area contributed by atoms with Gasteiger partial charge in [-0.3, -0.25) is 4.98 Å². The summed E-state index contributed by atoms with van der Waals surface area (Å²) in [5.41, 5.74) is 8.64. The predicted octanol–water partition coefficient (Wildman–Crippen LogP) is 5.21. The highest BCUT2D eigenvalue weighted by Gasteiger charge is 2.22. The number of benzene rings is 1. The number of para-hydroxylation sites is 1. The highest BCUT2D eigenvalue weighted by atomic mass is 16.3. The minimum absolute atomic E-state index is 0.406. The number of aryl methyl sites for hydroxylation is 3. The maximum Gasteiger partial charge on any atom is 0.216 e. The largest absolute Gasteiger partial charge is 0.453 e. The molecular formula is C22H23N2O+. The molecule has 0 fully saturated rings. The molecule has 0 aliphatic rings. The van der Waals surface area contributed by atoms with Crippen LogP contribution in [0.4, 0.5) is 0 Å². The van der Waals surface area contributed by atoms with Crippen LogP contribution in [0.5, 0.6) is 0 Å². The first-order valence-electron chi connectivity index (χ1n) is 8.74. The van der Waals surface area contributed by atoms with Crippen LogP contribution >= 0.6 is 0 Å². The van der Waals surface area contributed by atoms with Crippen LogP contribution in [-0.4, -0.2) is 4.98 Å². The van der Waals surface area contributed by atoms with Gasteiger partial charge in [-0.1, -0.05) is 26.0 Å². The van der Waals surface area contributed by atoms with Crippen molar-refractivity contribution < 1.29 is 8.98 Å². The number of hydrogen-bond donors (Lipinski definition) is 0. The molecule has 0 aliphatic carbocycles. The fraction of sp³-hybridized carbons (Fsp3) is 0.273. The van der Waals surface area contributed by atoms with Crippen molar-refractivity contribution >= 4 is 22.1 Å². The minimum Gasteiger partial charge on any atom is -0.453 e. The monoisotopic (exact) mass is 331 g/mol. The van der Waals surface area contributed by atoms with Crippen LogP contribution in [0, 0.1) is 13.8 Å². The molecule has 0 bridgehead atoms. The van der Waals surface area contributed by atoms with Crippen LogP contribution in [0.15, 0.2) is 47.1 Å². The molecule has 0 radical (unpaired) electrons. The van der Waals surface area contributed by atoms with E-state index in [1.54, 1.807) is 0 Å². The molecule has 0 amide bonds. The first-order chi connectivity index (χ1) is 12.0. The van der Waals surface area contributed by atoms with Gasteiger partial charge in [0, 0.05) is 23.7 Å². The Kier molecular flexibility index (Phi) is 3.60. The Morgan fingerprint density at radius 1 is 1.08 bits per heavy atom. The fourth-order valence-corrected chi connectivity index (χ4v) is 3.53. The molecule has 0 saturated carbocycles. The highest BCUT2D eigenvalue weighted by Crippen LogP contribution is 2.38. The third kappa shape index (κ3) is 2.42. The molecule has 0 atom stereocenters. The smallest absolute Gasteiger partial charge is 0.216 e. The van der Waals surface area contributed by atoms with Crippen molar-refractivity contribution in [2.45, 2.75) is 33.6 Å². The quantitative estimate of drug-likeness (QED) is 0.472.